The molecule has 0 aromatic carbocycles. The third kappa shape index (κ3) is 2.62. The molecule has 0 aliphatic rings. The molecule has 0 saturated heterocycles. The normalized spacial score (nSPS) is 10.2. The lowest BCUT2D eigenvalue weighted by Crippen LogP contribution is -2.14. The number of rotatable bonds is 3. The van der Waals surface area contributed by atoms with Crippen molar-refractivity contribution in [3.63, 3.8) is 0 Å². The zero-order chi connectivity index (χ0) is 13.1. The fourth-order valence-corrected chi connectivity index (χ4v) is 2.09. The molecule has 0 bridgehead atoms. The summed E-state index contributed by atoms with van der Waals surface area (Å²) >= 11 is 1.44. The van der Waals surface area contributed by atoms with Gasteiger partial charge in [-0.2, -0.15) is 0 Å². The lowest BCUT2D eigenvalue weighted by atomic mass is 10.4. The van der Waals surface area contributed by atoms with Crippen molar-refractivity contribution in [2.75, 3.05) is 17.7 Å². The summed E-state index contributed by atoms with van der Waals surface area (Å²) in [5, 5.41) is 6.12. The van der Waals surface area contributed by atoms with E-state index >= 15 is 0 Å². The first-order valence-electron chi connectivity index (χ1n) is 5.35. The van der Waals surface area contributed by atoms with Crippen LogP contribution in [-0.4, -0.2) is 27.9 Å². The maximum Gasteiger partial charge on any atom is 0.277 e. The molecule has 0 unspecified atom stereocenters. The summed E-state index contributed by atoms with van der Waals surface area (Å²) in [6, 6.07) is 0. The zero-order valence-electron chi connectivity index (χ0n) is 10.3. The van der Waals surface area contributed by atoms with Gasteiger partial charge in [-0.25, -0.2) is 9.97 Å². The smallest absolute Gasteiger partial charge is 0.277 e. The molecule has 6 nitrogen and oxygen atoms in total. The van der Waals surface area contributed by atoms with Crippen molar-refractivity contribution in [3.8, 4) is 0 Å². The number of aromatic nitrogens is 3. The molecule has 18 heavy (non-hydrogen) atoms. The fourth-order valence-electron chi connectivity index (χ4n) is 1.28. The van der Waals surface area contributed by atoms with Crippen LogP contribution in [-0.2, 0) is 0 Å². The van der Waals surface area contributed by atoms with Gasteiger partial charge in [0.1, 0.15) is 11.5 Å². The maximum absolute atomic E-state index is 11.9. The van der Waals surface area contributed by atoms with Gasteiger partial charge in [0.15, 0.2) is 5.13 Å². The average molecular weight is 263 g/mol. The number of hydrogen-bond acceptors (Lipinski definition) is 6. The Morgan fingerprint density at radius 1 is 1.28 bits per heavy atom. The van der Waals surface area contributed by atoms with Crippen molar-refractivity contribution in [2.45, 2.75) is 13.8 Å². The Kier molecular flexibility index (Phi) is 3.52. The van der Waals surface area contributed by atoms with E-state index in [9.17, 15) is 4.79 Å². The highest BCUT2D eigenvalue weighted by atomic mass is 32.1. The fraction of sp³-hybridized carbons (Fsp3) is 0.273. The minimum Gasteiger partial charge on any atom is -0.372 e. The number of anilines is 2. The van der Waals surface area contributed by atoms with E-state index in [0.29, 0.717) is 10.9 Å². The highest BCUT2D eigenvalue weighted by molar-refractivity contribution is 7.15. The van der Waals surface area contributed by atoms with Crippen LogP contribution in [0.5, 0.6) is 0 Å². The third-order valence-electron chi connectivity index (χ3n) is 2.37. The molecule has 7 heteroatoms. The Morgan fingerprint density at radius 3 is 2.67 bits per heavy atom. The second kappa shape index (κ2) is 5.09. The lowest BCUT2D eigenvalue weighted by molar-refractivity contribution is 0.102. The predicted molar refractivity (Wildman–Crippen MR) is 71.1 cm³/mol. The molecule has 0 atom stereocenters. The number of nitrogens with one attached hydrogen (secondary N) is 2. The van der Waals surface area contributed by atoms with Crippen LogP contribution in [0, 0.1) is 13.8 Å². The van der Waals surface area contributed by atoms with Crippen molar-refractivity contribution in [1.29, 1.82) is 0 Å². The molecule has 1 amide bonds. The minimum absolute atomic E-state index is 0.257. The molecule has 0 aliphatic carbocycles. The van der Waals surface area contributed by atoms with Crippen molar-refractivity contribution < 1.29 is 4.79 Å². The molecular formula is C11H13N5OS. The first-order chi connectivity index (χ1) is 8.60. The summed E-state index contributed by atoms with van der Waals surface area (Å²) in [4.78, 5) is 25.3. The number of carbonyl (C=O) groups is 1. The summed E-state index contributed by atoms with van der Waals surface area (Å²) in [6.45, 7) is 3.87. The summed E-state index contributed by atoms with van der Waals surface area (Å²) in [5.74, 6) is 0.238. The second-order valence-electron chi connectivity index (χ2n) is 3.65. The molecule has 2 heterocycles. The number of aryl methyl sites for hydroxylation is 2. The molecule has 2 N–H and O–H groups in total. The number of amides is 1. The van der Waals surface area contributed by atoms with Crippen LogP contribution >= 0.6 is 11.3 Å². The Labute approximate surface area is 109 Å². The minimum atomic E-state index is -0.312. The van der Waals surface area contributed by atoms with Crippen LogP contribution in [0.15, 0.2) is 12.4 Å². The van der Waals surface area contributed by atoms with E-state index in [2.05, 4.69) is 25.6 Å². The topological polar surface area (TPSA) is 79.8 Å². The number of thiazole rings is 1. The van der Waals surface area contributed by atoms with E-state index in [1.54, 1.807) is 13.2 Å². The molecule has 0 fully saturated rings. The van der Waals surface area contributed by atoms with Crippen LogP contribution in [0.1, 0.15) is 21.1 Å². The van der Waals surface area contributed by atoms with Crippen LogP contribution in [0.2, 0.25) is 0 Å². The Morgan fingerprint density at radius 2 is 2.06 bits per heavy atom. The Bertz CT molecular complexity index is 561. The van der Waals surface area contributed by atoms with Gasteiger partial charge in [0.25, 0.3) is 5.91 Å². The molecular weight excluding hydrogens is 250 g/mol. The molecule has 0 saturated carbocycles. The SMILES string of the molecule is CNc1cncc(C(=O)Nc2nc(C)c(C)s2)n1. The van der Waals surface area contributed by atoms with Gasteiger partial charge in [0.05, 0.1) is 18.1 Å². The highest BCUT2D eigenvalue weighted by Gasteiger charge is 2.12. The maximum atomic E-state index is 11.9. The molecule has 0 radical (unpaired) electrons. The van der Waals surface area contributed by atoms with Gasteiger partial charge in [0, 0.05) is 11.9 Å². The quantitative estimate of drug-likeness (QED) is 0.883. The van der Waals surface area contributed by atoms with Gasteiger partial charge in [-0.15, -0.1) is 11.3 Å². The number of nitrogens with zero attached hydrogens (tertiary/aromatic N) is 3. The summed E-state index contributed by atoms with van der Waals surface area (Å²) in [6.07, 6.45) is 2.97. The first kappa shape index (κ1) is 12.4. The predicted octanol–water partition coefficient (Wildman–Crippen LogP) is 1.84. The van der Waals surface area contributed by atoms with E-state index in [1.807, 2.05) is 13.8 Å². The van der Waals surface area contributed by atoms with Gasteiger partial charge < -0.3 is 5.32 Å². The van der Waals surface area contributed by atoms with Crippen molar-refractivity contribution in [2.24, 2.45) is 0 Å². The van der Waals surface area contributed by atoms with Gasteiger partial charge >= 0.3 is 0 Å². The van der Waals surface area contributed by atoms with Crippen molar-refractivity contribution in [3.05, 3.63) is 28.7 Å². The average Bonchev–Trinajstić information content (AvgIpc) is 2.68. The summed E-state index contributed by atoms with van der Waals surface area (Å²) < 4.78 is 0. The molecule has 2 rings (SSSR count). The van der Waals surface area contributed by atoms with Crippen LogP contribution in [0.4, 0.5) is 10.9 Å². The van der Waals surface area contributed by atoms with Gasteiger partial charge in [-0.1, -0.05) is 0 Å². The van der Waals surface area contributed by atoms with Gasteiger partial charge in [-0.3, -0.25) is 15.1 Å². The van der Waals surface area contributed by atoms with Crippen LogP contribution in [0.3, 0.4) is 0 Å². The van der Waals surface area contributed by atoms with E-state index < -0.39 is 0 Å². The van der Waals surface area contributed by atoms with E-state index in [-0.39, 0.29) is 11.6 Å². The molecule has 94 valence electrons. The van der Waals surface area contributed by atoms with Gasteiger partial charge in [0.2, 0.25) is 0 Å². The number of hydrogen-bond donors (Lipinski definition) is 2. The van der Waals surface area contributed by atoms with Crippen molar-refractivity contribution >= 4 is 28.2 Å². The van der Waals surface area contributed by atoms with Crippen molar-refractivity contribution in [1.82, 2.24) is 15.0 Å². The third-order valence-corrected chi connectivity index (χ3v) is 3.36. The zero-order valence-corrected chi connectivity index (χ0v) is 11.1. The van der Waals surface area contributed by atoms with E-state index in [4.69, 9.17) is 0 Å². The van der Waals surface area contributed by atoms with Crippen LogP contribution in [0.25, 0.3) is 0 Å². The molecule has 0 aliphatic heterocycles. The first-order valence-corrected chi connectivity index (χ1v) is 6.17. The number of carbonyl (C=O) groups excluding carboxylic acids is 1. The molecule has 0 spiro atoms. The largest absolute Gasteiger partial charge is 0.372 e. The second-order valence-corrected chi connectivity index (χ2v) is 4.86. The molecule has 2 aromatic heterocycles. The highest BCUT2D eigenvalue weighted by Crippen LogP contribution is 2.21. The van der Waals surface area contributed by atoms with Gasteiger partial charge in [-0.05, 0) is 13.8 Å². The molecule has 2 aromatic rings. The van der Waals surface area contributed by atoms with Crippen LogP contribution < -0.4 is 10.6 Å². The lowest BCUT2D eigenvalue weighted by Gasteiger charge is -2.02. The Balaban J connectivity index is 2.16. The van der Waals surface area contributed by atoms with E-state index in [0.717, 1.165) is 10.6 Å². The monoisotopic (exact) mass is 263 g/mol. The Hall–Kier alpha value is -2.02. The standard InChI is InChI=1S/C11H13N5OS/c1-6-7(2)18-11(14-6)16-10(17)8-4-13-5-9(12-3)15-8/h4-5H,1-3H3,(H,12,15)(H,14,16,17). The summed E-state index contributed by atoms with van der Waals surface area (Å²) in [5.41, 5.74) is 1.18. The summed E-state index contributed by atoms with van der Waals surface area (Å²) in [7, 11) is 1.72. The van der Waals surface area contributed by atoms with E-state index in [1.165, 1.54) is 17.5 Å².